The van der Waals surface area contributed by atoms with Gasteiger partial charge in [0.1, 0.15) is 0 Å². The lowest BCUT2D eigenvalue weighted by atomic mass is 9.91. The van der Waals surface area contributed by atoms with Gasteiger partial charge in [0.15, 0.2) is 0 Å². The third-order valence-corrected chi connectivity index (χ3v) is 4.83. The normalized spacial score (nSPS) is 11.3. The molecular formula is C17H22N2OS. The molecule has 3 nitrogen and oxygen atoms in total. The van der Waals surface area contributed by atoms with Crippen LogP contribution in [0.5, 0.6) is 0 Å². The summed E-state index contributed by atoms with van der Waals surface area (Å²) in [4.78, 5) is 13.3. The van der Waals surface area contributed by atoms with Gasteiger partial charge in [-0.15, -0.1) is 11.3 Å². The number of nitrogens with one attached hydrogen (secondary N) is 1. The summed E-state index contributed by atoms with van der Waals surface area (Å²) in [6, 6.07) is 11.8. The van der Waals surface area contributed by atoms with Crippen LogP contribution in [-0.4, -0.2) is 12.5 Å². The summed E-state index contributed by atoms with van der Waals surface area (Å²) in [6.07, 6.45) is 1.15. The van der Waals surface area contributed by atoms with E-state index >= 15 is 0 Å². The van der Waals surface area contributed by atoms with Gasteiger partial charge in [0.05, 0.1) is 0 Å². The first-order valence-corrected chi connectivity index (χ1v) is 8.01. The van der Waals surface area contributed by atoms with E-state index in [1.165, 1.54) is 4.88 Å². The van der Waals surface area contributed by atoms with Crippen LogP contribution in [0.15, 0.2) is 41.8 Å². The third kappa shape index (κ3) is 4.33. The Balaban J connectivity index is 1.82. The van der Waals surface area contributed by atoms with E-state index in [4.69, 9.17) is 5.73 Å². The summed E-state index contributed by atoms with van der Waals surface area (Å²) >= 11 is 1.73. The van der Waals surface area contributed by atoms with Crippen molar-refractivity contribution in [3.05, 3.63) is 52.2 Å². The number of rotatable bonds is 6. The topological polar surface area (TPSA) is 55.1 Å². The number of nitrogen functional groups attached to an aromatic ring is 1. The van der Waals surface area contributed by atoms with Gasteiger partial charge in [-0.05, 0) is 29.5 Å². The molecule has 0 saturated carbocycles. The first-order valence-electron chi connectivity index (χ1n) is 7.13. The van der Waals surface area contributed by atoms with Crippen molar-refractivity contribution in [2.24, 2.45) is 0 Å². The molecule has 2 rings (SSSR count). The van der Waals surface area contributed by atoms with E-state index in [-0.39, 0.29) is 11.3 Å². The van der Waals surface area contributed by atoms with Crippen molar-refractivity contribution in [1.29, 1.82) is 0 Å². The Morgan fingerprint density at radius 3 is 2.67 bits per heavy atom. The van der Waals surface area contributed by atoms with Gasteiger partial charge in [0.25, 0.3) is 0 Å². The highest BCUT2D eigenvalue weighted by Gasteiger charge is 2.22. The van der Waals surface area contributed by atoms with Gasteiger partial charge in [0.2, 0.25) is 5.91 Å². The molecule has 0 aliphatic heterocycles. The van der Waals surface area contributed by atoms with Crippen LogP contribution in [0.1, 0.15) is 30.7 Å². The molecule has 0 aliphatic rings. The third-order valence-electron chi connectivity index (χ3n) is 3.59. The quantitative estimate of drug-likeness (QED) is 0.804. The molecule has 0 atom stereocenters. The minimum Gasteiger partial charge on any atom is -0.399 e. The smallest absolute Gasteiger partial charge is 0.220 e. The number of para-hydroxylation sites is 1. The fraction of sp³-hybridized carbons (Fsp3) is 0.353. The first-order chi connectivity index (χ1) is 9.99. The Morgan fingerprint density at radius 1 is 1.24 bits per heavy atom. The minimum absolute atomic E-state index is 0.0321. The molecule has 0 bridgehead atoms. The van der Waals surface area contributed by atoms with Crippen LogP contribution in [0.3, 0.4) is 0 Å². The molecule has 0 aliphatic carbocycles. The zero-order valence-corrected chi connectivity index (χ0v) is 13.4. The Kier molecular flexibility index (Phi) is 5.02. The maximum Gasteiger partial charge on any atom is 0.220 e. The number of anilines is 1. The van der Waals surface area contributed by atoms with Crippen molar-refractivity contribution in [3.8, 4) is 0 Å². The second-order valence-corrected chi connectivity index (χ2v) is 6.78. The van der Waals surface area contributed by atoms with Crippen LogP contribution in [0.25, 0.3) is 0 Å². The van der Waals surface area contributed by atoms with E-state index in [0.717, 1.165) is 11.3 Å². The summed E-state index contributed by atoms with van der Waals surface area (Å²) in [5, 5.41) is 5.09. The van der Waals surface area contributed by atoms with Crippen molar-refractivity contribution in [2.75, 3.05) is 12.3 Å². The van der Waals surface area contributed by atoms with Crippen LogP contribution in [0.4, 0.5) is 5.69 Å². The van der Waals surface area contributed by atoms with Crippen molar-refractivity contribution in [3.63, 3.8) is 0 Å². The summed E-state index contributed by atoms with van der Waals surface area (Å²) < 4.78 is 0. The van der Waals surface area contributed by atoms with E-state index < -0.39 is 0 Å². The molecule has 0 spiro atoms. The lowest BCUT2D eigenvalue weighted by Crippen LogP contribution is -2.36. The molecule has 2 aromatic rings. The number of aryl methyl sites for hydroxylation is 1. The molecule has 0 saturated heterocycles. The summed E-state index contributed by atoms with van der Waals surface area (Å²) in [5.41, 5.74) is 7.64. The molecule has 3 N–H and O–H groups in total. The first kappa shape index (κ1) is 15.6. The van der Waals surface area contributed by atoms with Crippen molar-refractivity contribution >= 4 is 22.9 Å². The fourth-order valence-electron chi connectivity index (χ4n) is 2.17. The maximum absolute atomic E-state index is 12.0. The van der Waals surface area contributed by atoms with Gasteiger partial charge >= 0.3 is 0 Å². The standard InChI is InChI=1S/C17H22N2OS/c1-17(2,15-8-5-11-21-15)12-19-16(20)10-9-13-6-3-4-7-14(13)18/h3-8,11H,9-10,12,18H2,1-2H3,(H,19,20). The van der Waals surface area contributed by atoms with E-state index in [0.29, 0.717) is 19.4 Å². The summed E-state index contributed by atoms with van der Waals surface area (Å²) in [7, 11) is 0. The number of hydrogen-bond donors (Lipinski definition) is 2. The number of carbonyl (C=O) groups excluding carboxylic acids is 1. The summed E-state index contributed by atoms with van der Waals surface area (Å²) in [5.74, 6) is 0.0721. The van der Waals surface area contributed by atoms with Crippen LogP contribution in [-0.2, 0) is 16.6 Å². The van der Waals surface area contributed by atoms with Crippen LogP contribution >= 0.6 is 11.3 Å². The van der Waals surface area contributed by atoms with Crippen molar-refractivity contribution < 1.29 is 4.79 Å². The van der Waals surface area contributed by atoms with Crippen LogP contribution in [0, 0.1) is 0 Å². The highest BCUT2D eigenvalue weighted by molar-refractivity contribution is 7.10. The Labute approximate surface area is 130 Å². The number of hydrogen-bond acceptors (Lipinski definition) is 3. The van der Waals surface area contributed by atoms with Gasteiger partial charge in [0, 0.05) is 28.9 Å². The lowest BCUT2D eigenvalue weighted by molar-refractivity contribution is -0.121. The molecule has 0 fully saturated rings. The molecular weight excluding hydrogens is 280 g/mol. The highest BCUT2D eigenvalue weighted by Crippen LogP contribution is 2.26. The van der Waals surface area contributed by atoms with E-state index in [1.807, 2.05) is 30.3 Å². The molecule has 0 unspecified atom stereocenters. The predicted molar refractivity (Wildman–Crippen MR) is 89.5 cm³/mol. The zero-order chi connectivity index (χ0) is 15.3. The van der Waals surface area contributed by atoms with Crippen molar-refractivity contribution in [1.82, 2.24) is 5.32 Å². The zero-order valence-electron chi connectivity index (χ0n) is 12.6. The average molecular weight is 302 g/mol. The van der Waals surface area contributed by atoms with Gasteiger partial charge in [-0.1, -0.05) is 38.1 Å². The average Bonchev–Trinajstić information content (AvgIpc) is 2.99. The molecule has 1 aromatic heterocycles. The lowest BCUT2D eigenvalue weighted by Gasteiger charge is -2.23. The molecule has 1 aromatic carbocycles. The van der Waals surface area contributed by atoms with Crippen molar-refractivity contribution in [2.45, 2.75) is 32.1 Å². The number of benzene rings is 1. The van der Waals surface area contributed by atoms with Crippen LogP contribution in [0.2, 0.25) is 0 Å². The second kappa shape index (κ2) is 6.76. The Morgan fingerprint density at radius 2 is 2.00 bits per heavy atom. The van der Waals surface area contributed by atoms with E-state index in [9.17, 15) is 4.79 Å². The number of nitrogens with two attached hydrogens (primary N) is 1. The molecule has 112 valence electrons. The SMILES string of the molecule is CC(C)(CNC(=O)CCc1ccccc1N)c1cccs1. The second-order valence-electron chi connectivity index (χ2n) is 5.84. The number of thiophene rings is 1. The van der Waals surface area contributed by atoms with Gasteiger partial charge in [-0.2, -0.15) is 0 Å². The van der Waals surface area contributed by atoms with E-state index in [1.54, 1.807) is 11.3 Å². The number of carbonyl (C=O) groups is 1. The van der Waals surface area contributed by atoms with Crippen LogP contribution < -0.4 is 11.1 Å². The largest absolute Gasteiger partial charge is 0.399 e. The molecule has 0 radical (unpaired) electrons. The number of amides is 1. The Hall–Kier alpha value is -1.81. The van der Waals surface area contributed by atoms with Gasteiger partial charge in [-0.3, -0.25) is 4.79 Å². The fourth-order valence-corrected chi connectivity index (χ4v) is 3.02. The maximum atomic E-state index is 12.0. The molecule has 1 amide bonds. The van der Waals surface area contributed by atoms with E-state index in [2.05, 4.69) is 30.6 Å². The molecule has 1 heterocycles. The Bertz CT molecular complexity index is 591. The monoisotopic (exact) mass is 302 g/mol. The minimum atomic E-state index is -0.0321. The molecule has 21 heavy (non-hydrogen) atoms. The predicted octanol–water partition coefficient (Wildman–Crippen LogP) is 3.36. The van der Waals surface area contributed by atoms with Gasteiger partial charge in [-0.25, -0.2) is 0 Å². The summed E-state index contributed by atoms with van der Waals surface area (Å²) in [6.45, 7) is 4.94. The highest BCUT2D eigenvalue weighted by atomic mass is 32.1. The van der Waals surface area contributed by atoms with Gasteiger partial charge < -0.3 is 11.1 Å². The molecule has 4 heteroatoms.